The number of carbonyl (C=O) groups excluding carboxylic acids is 2. The van der Waals surface area contributed by atoms with Crippen LogP contribution in [0.25, 0.3) is 0 Å². The summed E-state index contributed by atoms with van der Waals surface area (Å²) in [6, 6.07) is 11.4. The van der Waals surface area contributed by atoms with Crippen molar-refractivity contribution in [1.82, 2.24) is 4.31 Å². The van der Waals surface area contributed by atoms with Crippen molar-refractivity contribution in [2.45, 2.75) is 50.1 Å². The molecule has 3 rings (SSSR count). The lowest BCUT2D eigenvalue weighted by atomic mass is 10.00. The van der Waals surface area contributed by atoms with Gasteiger partial charge in [-0.2, -0.15) is 4.31 Å². The number of halogens is 2. The maximum absolute atomic E-state index is 13.6. The third kappa shape index (κ3) is 4.19. The zero-order valence-electron chi connectivity index (χ0n) is 16.8. The Morgan fingerprint density at radius 1 is 1.10 bits per heavy atom. The van der Waals surface area contributed by atoms with E-state index in [0.717, 1.165) is 9.37 Å². The molecular formula is C21H22BrClN2O4S. The largest absolute Gasteiger partial charge is 0.274 e. The van der Waals surface area contributed by atoms with E-state index >= 15 is 0 Å². The first-order valence-electron chi connectivity index (χ1n) is 9.41. The molecule has 0 saturated carbocycles. The lowest BCUT2D eigenvalue weighted by Crippen LogP contribution is -2.55. The van der Waals surface area contributed by atoms with Crippen molar-refractivity contribution in [3.63, 3.8) is 0 Å². The molecule has 1 aliphatic rings. The minimum absolute atomic E-state index is 0.0671. The maximum atomic E-state index is 13.6. The quantitative estimate of drug-likeness (QED) is 0.529. The maximum Gasteiger partial charge on any atom is 0.252 e. The topological polar surface area (TPSA) is 74.8 Å². The SMILES string of the molecule is CCC(C)(C)N(C1CC(=O)N(c2ccc(Cl)cc2)C1=O)S(=O)(=O)c1ccc(Br)cc1. The van der Waals surface area contributed by atoms with Gasteiger partial charge in [-0.1, -0.05) is 34.5 Å². The van der Waals surface area contributed by atoms with E-state index in [1.807, 2.05) is 6.92 Å². The molecule has 1 saturated heterocycles. The summed E-state index contributed by atoms with van der Waals surface area (Å²) >= 11 is 9.21. The summed E-state index contributed by atoms with van der Waals surface area (Å²) in [7, 11) is -4.05. The van der Waals surface area contributed by atoms with Crippen molar-refractivity contribution < 1.29 is 18.0 Å². The highest BCUT2D eigenvalue weighted by Crippen LogP contribution is 2.36. The van der Waals surface area contributed by atoms with Crippen LogP contribution < -0.4 is 4.90 Å². The second-order valence-electron chi connectivity index (χ2n) is 7.68. The van der Waals surface area contributed by atoms with Crippen molar-refractivity contribution in [3.8, 4) is 0 Å². The third-order valence-electron chi connectivity index (χ3n) is 5.32. The van der Waals surface area contributed by atoms with Gasteiger partial charge in [-0.05, 0) is 68.8 Å². The van der Waals surface area contributed by atoms with Gasteiger partial charge in [0.25, 0.3) is 5.91 Å². The van der Waals surface area contributed by atoms with Crippen LogP contribution in [0, 0.1) is 0 Å². The van der Waals surface area contributed by atoms with Crippen molar-refractivity contribution in [1.29, 1.82) is 0 Å². The first-order valence-corrected chi connectivity index (χ1v) is 12.0. The molecule has 0 N–H and O–H groups in total. The van der Waals surface area contributed by atoms with E-state index in [1.165, 1.54) is 16.4 Å². The zero-order chi connectivity index (χ0) is 22.3. The van der Waals surface area contributed by atoms with E-state index in [-0.39, 0.29) is 11.3 Å². The number of rotatable bonds is 6. The Morgan fingerprint density at radius 3 is 2.20 bits per heavy atom. The molecule has 2 aromatic rings. The molecule has 1 heterocycles. The summed E-state index contributed by atoms with van der Waals surface area (Å²) < 4.78 is 29.1. The van der Waals surface area contributed by atoms with Crippen molar-refractivity contribution in [3.05, 3.63) is 58.0 Å². The van der Waals surface area contributed by atoms with Crippen LogP contribution in [-0.4, -0.2) is 36.1 Å². The highest BCUT2D eigenvalue weighted by molar-refractivity contribution is 9.10. The number of amides is 2. The number of anilines is 1. The molecule has 2 amide bonds. The minimum Gasteiger partial charge on any atom is -0.274 e. The molecule has 2 aromatic carbocycles. The van der Waals surface area contributed by atoms with Crippen LogP contribution in [0.1, 0.15) is 33.6 Å². The summed E-state index contributed by atoms with van der Waals surface area (Å²) in [4.78, 5) is 27.2. The monoisotopic (exact) mass is 512 g/mol. The fourth-order valence-electron chi connectivity index (χ4n) is 3.45. The zero-order valence-corrected chi connectivity index (χ0v) is 20.0. The summed E-state index contributed by atoms with van der Waals surface area (Å²) in [6.07, 6.45) is 0.238. The Labute approximate surface area is 190 Å². The molecule has 0 spiro atoms. The van der Waals surface area contributed by atoms with E-state index in [0.29, 0.717) is 17.1 Å². The summed E-state index contributed by atoms with van der Waals surface area (Å²) in [5.74, 6) is -1.01. The molecule has 160 valence electrons. The van der Waals surface area contributed by atoms with Crippen LogP contribution in [0.15, 0.2) is 57.9 Å². The smallest absolute Gasteiger partial charge is 0.252 e. The fraction of sp³-hybridized carbons (Fsp3) is 0.333. The van der Waals surface area contributed by atoms with Gasteiger partial charge in [0.2, 0.25) is 15.9 Å². The molecule has 1 aliphatic heterocycles. The molecule has 30 heavy (non-hydrogen) atoms. The molecule has 0 bridgehead atoms. The van der Waals surface area contributed by atoms with Gasteiger partial charge in [-0.3, -0.25) is 9.59 Å². The molecule has 9 heteroatoms. The Hall–Kier alpha value is -1.74. The molecule has 1 fully saturated rings. The first-order chi connectivity index (χ1) is 14.0. The molecule has 6 nitrogen and oxygen atoms in total. The lowest BCUT2D eigenvalue weighted by Gasteiger charge is -2.39. The molecule has 0 aromatic heterocycles. The van der Waals surface area contributed by atoms with E-state index < -0.39 is 33.4 Å². The van der Waals surface area contributed by atoms with Gasteiger partial charge < -0.3 is 0 Å². The van der Waals surface area contributed by atoms with Crippen molar-refractivity contribution in [2.24, 2.45) is 0 Å². The average molecular weight is 514 g/mol. The molecule has 1 unspecified atom stereocenters. The molecular weight excluding hydrogens is 492 g/mol. The predicted molar refractivity (Wildman–Crippen MR) is 120 cm³/mol. The lowest BCUT2D eigenvalue weighted by molar-refractivity contribution is -0.122. The standard InChI is InChI=1S/C21H22BrClN2O4S/c1-4-21(2,3)25(30(28,29)17-11-5-14(22)6-12-17)18-13-19(26)24(20(18)27)16-9-7-15(23)8-10-16/h5-12,18H,4,13H2,1-3H3. The highest BCUT2D eigenvalue weighted by atomic mass is 79.9. The number of benzene rings is 2. The average Bonchev–Trinajstić information content (AvgIpc) is 2.96. The van der Waals surface area contributed by atoms with Crippen LogP contribution in [0.5, 0.6) is 0 Å². The van der Waals surface area contributed by atoms with Gasteiger partial charge >= 0.3 is 0 Å². The van der Waals surface area contributed by atoms with Gasteiger partial charge in [0.1, 0.15) is 6.04 Å². The predicted octanol–water partition coefficient (Wildman–Crippen LogP) is 4.61. The summed E-state index contributed by atoms with van der Waals surface area (Å²) in [6.45, 7) is 5.36. The minimum atomic E-state index is -4.05. The van der Waals surface area contributed by atoms with E-state index in [4.69, 9.17) is 11.6 Å². The van der Waals surface area contributed by atoms with Gasteiger partial charge in [0.05, 0.1) is 17.0 Å². The Bertz CT molecular complexity index is 1070. The molecule has 1 atom stereocenters. The van der Waals surface area contributed by atoms with Crippen LogP contribution >= 0.6 is 27.5 Å². The van der Waals surface area contributed by atoms with Crippen LogP contribution in [0.3, 0.4) is 0 Å². The van der Waals surface area contributed by atoms with Gasteiger partial charge in [-0.25, -0.2) is 13.3 Å². The van der Waals surface area contributed by atoms with E-state index in [1.54, 1.807) is 50.2 Å². The van der Waals surface area contributed by atoms with Crippen molar-refractivity contribution >= 4 is 55.1 Å². The van der Waals surface area contributed by atoms with Crippen LogP contribution in [0.4, 0.5) is 5.69 Å². The van der Waals surface area contributed by atoms with Crippen molar-refractivity contribution in [2.75, 3.05) is 4.90 Å². The second kappa shape index (κ2) is 8.42. The number of carbonyl (C=O) groups is 2. The van der Waals surface area contributed by atoms with Crippen LogP contribution in [0.2, 0.25) is 5.02 Å². The number of imide groups is 1. The second-order valence-corrected chi connectivity index (χ2v) is 10.9. The number of nitrogens with zero attached hydrogens (tertiary/aromatic N) is 2. The number of hydrogen-bond acceptors (Lipinski definition) is 4. The summed E-state index contributed by atoms with van der Waals surface area (Å²) in [5, 5.41) is 0.473. The fourth-order valence-corrected chi connectivity index (χ4v) is 5.83. The Morgan fingerprint density at radius 2 is 1.67 bits per heavy atom. The van der Waals surface area contributed by atoms with Gasteiger partial charge in [0.15, 0.2) is 0 Å². The highest BCUT2D eigenvalue weighted by Gasteiger charge is 2.51. The summed E-state index contributed by atoms with van der Waals surface area (Å²) in [5.41, 5.74) is -0.519. The van der Waals surface area contributed by atoms with E-state index in [2.05, 4.69) is 15.9 Å². The first kappa shape index (κ1) is 22.9. The van der Waals surface area contributed by atoms with E-state index in [9.17, 15) is 18.0 Å². The Balaban J connectivity index is 2.07. The normalized spacial score (nSPS) is 17.8. The van der Waals surface area contributed by atoms with Gasteiger partial charge in [0, 0.05) is 15.0 Å². The molecule has 0 radical (unpaired) electrons. The number of hydrogen-bond donors (Lipinski definition) is 0. The third-order valence-corrected chi connectivity index (χ3v) is 8.24. The van der Waals surface area contributed by atoms with Gasteiger partial charge in [-0.15, -0.1) is 0 Å². The Kier molecular flexibility index (Phi) is 6.43. The van der Waals surface area contributed by atoms with Crippen LogP contribution in [-0.2, 0) is 19.6 Å². The molecule has 0 aliphatic carbocycles. The number of sulfonamides is 1.